The molecule has 1 aliphatic rings. The molecule has 0 radical (unpaired) electrons. The minimum absolute atomic E-state index is 0.619. The van der Waals surface area contributed by atoms with Crippen molar-refractivity contribution in [2.24, 2.45) is 0 Å². The van der Waals surface area contributed by atoms with E-state index in [-0.39, 0.29) is 0 Å². The van der Waals surface area contributed by atoms with E-state index in [9.17, 15) is 0 Å². The smallest absolute Gasteiger partial charge is 0.115 e. The number of likely N-dealkylation sites (tertiary alicyclic amines) is 1. The third-order valence-electron chi connectivity index (χ3n) is 3.16. The summed E-state index contributed by atoms with van der Waals surface area (Å²) in [7, 11) is 0. The van der Waals surface area contributed by atoms with Crippen LogP contribution in [0.2, 0.25) is 0 Å². The van der Waals surface area contributed by atoms with Crippen LogP contribution >= 0.6 is 0 Å². The molecular formula is C12H20N4. The summed E-state index contributed by atoms with van der Waals surface area (Å²) in [6, 6.07) is 0.619. The molecule has 0 bridgehead atoms. The summed E-state index contributed by atoms with van der Waals surface area (Å²) in [5, 5.41) is 3.58. The number of likely N-dealkylation sites (N-methyl/N-ethyl adjacent to an activating group) is 1. The second-order valence-corrected chi connectivity index (χ2v) is 4.36. The largest absolute Gasteiger partial charge is 0.309 e. The van der Waals surface area contributed by atoms with E-state index in [2.05, 4.69) is 27.1 Å². The van der Waals surface area contributed by atoms with Crippen LogP contribution in [-0.4, -0.2) is 40.5 Å². The first kappa shape index (κ1) is 11.5. The van der Waals surface area contributed by atoms with Gasteiger partial charge in [-0.25, -0.2) is 9.97 Å². The Hall–Kier alpha value is -1.00. The van der Waals surface area contributed by atoms with Gasteiger partial charge in [-0.05, 0) is 25.9 Å². The average molecular weight is 220 g/mol. The molecule has 16 heavy (non-hydrogen) atoms. The molecule has 0 aliphatic carbocycles. The highest BCUT2D eigenvalue weighted by Gasteiger charge is 2.17. The maximum atomic E-state index is 4.02. The molecule has 0 spiro atoms. The molecule has 2 rings (SSSR count). The first-order valence-corrected chi connectivity index (χ1v) is 6.08. The predicted octanol–water partition coefficient (Wildman–Crippen LogP) is 1.05. The summed E-state index contributed by atoms with van der Waals surface area (Å²) in [5.41, 5.74) is 1.16. The van der Waals surface area contributed by atoms with Crippen molar-refractivity contribution in [3.05, 3.63) is 24.3 Å². The average Bonchev–Trinajstić information content (AvgIpc) is 2.38. The molecule has 1 aromatic heterocycles. The lowest BCUT2D eigenvalue weighted by Crippen LogP contribution is -2.45. The molecule has 0 amide bonds. The van der Waals surface area contributed by atoms with Gasteiger partial charge in [0.1, 0.15) is 6.33 Å². The SMILES string of the molecule is CCN1CCCC(NCc2cncnc2)C1. The van der Waals surface area contributed by atoms with Gasteiger partial charge in [-0.3, -0.25) is 0 Å². The van der Waals surface area contributed by atoms with E-state index in [1.54, 1.807) is 6.33 Å². The summed E-state index contributed by atoms with van der Waals surface area (Å²) in [5.74, 6) is 0. The molecular weight excluding hydrogens is 200 g/mol. The molecule has 1 fully saturated rings. The van der Waals surface area contributed by atoms with Gasteiger partial charge < -0.3 is 10.2 Å². The van der Waals surface area contributed by atoms with Gasteiger partial charge >= 0.3 is 0 Å². The maximum Gasteiger partial charge on any atom is 0.115 e. The Balaban J connectivity index is 1.77. The van der Waals surface area contributed by atoms with Crippen LogP contribution in [0.5, 0.6) is 0 Å². The lowest BCUT2D eigenvalue weighted by Gasteiger charge is -2.32. The highest BCUT2D eigenvalue weighted by atomic mass is 15.2. The highest BCUT2D eigenvalue weighted by molar-refractivity contribution is 5.02. The van der Waals surface area contributed by atoms with E-state index in [0.29, 0.717) is 6.04 Å². The molecule has 4 heteroatoms. The van der Waals surface area contributed by atoms with Crippen molar-refractivity contribution in [3.8, 4) is 0 Å². The van der Waals surface area contributed by atoms with E-state index in [0.717, 1.165) is 18.7 Å². The topological polar surface area (TPSA) is 41.0 Å². The molecule has 2 heterocycles. The molecule has 88 valence electrons. The Labute approximate surface area is 97.1 Å². The van der Waals surface area contributed by atoms with Crippen molar-refractivity contribution in [1.29, 1.82) is 0 Å². The fourth-order valence-electron chi connectivity index (χ4n) is 2.19. The van der Waals surface area contributed by atoms with Crippen LogP contribution in [0.15, 0.2) is 18.7 Å². The van der Waals surface area contributed by atoms with E-state index in [1.165, 1.54) is 25.9 Å². The van der Waals surface area contributed by atoms with Crippen molar-refractivity contribution in [2.75, 3.05) is 19.6 Å². The second-order valence-electron chi connectivity index (χ2n) is 4.36. The van der Waals surface area contributed by atoms with E-state index < -0.39 is 0 Å². The Morgan fingerprint density at radius 2 is 2.25 bits per heavy atom. The van der Waals surface area contributed by atoms with Crippen LogP contribution in [0.25, 0.3) is 0 Å². The summed E-state index contributed by atoms with van der Waals surface area (Å²) in [4.78, 5) is 10.5. The zero-order valence-electron chi connectivity index (χ0n) is 9.89. The molecule has 1 aliphatic heterocycles. The number of hydrogen-bond acceptors (Lipinski definition) is 4. The van der Waals surface area contributed by atoms with Crippen molar-refractivity contribution in [1.82, 2.24) is 20.2 Å². The van der Waals surface area contributed by atoms with Crippen LogP contribution in [0.4, 0.5) is 0 Å². The molecule has 1 unspecified atom stereocenters. The number of aromatic nitrogens is 2. The lowest BCUT2D eigenvalue weighted by molar-refractivity contribution is 0.198. The Bertz CT molecular complexity index is 301. The van der Waals surface area contributed by atoms with Gasteiger partial charge in [-0.2, -0.15) is 0 Å². The van der Waals surface area contributed by atoms with Gasteiger partial charge in [0.15, 0.2) is 0 Å². The zero-order valence-corrected chi connectivity index (χ0v) is 9.89. The van der Waals surface area contributed by atoms with Gasteiger partial charge in [0.05, 0.1) is 0 Å². The number of rotatable bonds is 4. The summed E-state index contributed by atoms with van der Waals surface area (Å²) in [6.07, 6.45) is 7.91. The minimum atomic E-state index is 0.619. The lowest BCUT2D eigenvalue weighted by atomic mass is 10.1. The van der Waals surface area contributed by atoms with Crippen LogP contribution in [0, 0.1) is 0 Å². The summed E-state index contributed by atoms with van der Waals surface area (Å²) >= 11 is 0. The van der Waals surface area contributed by atoms with Gasteiger partial charge in [-0.15, -0.1) is 0 Å². The van der Waals surface area contributed by atoms with Crippen molar-refractivity contribution < 1.29 is 0 Å². The van der Waals surface area contributed by atoms with E-state index in [1.807, 2.05) is 12.4 Å². The molecule has 1 N–H and O–H groups in total. The molecule has 1 aromatic rings. The Kier molecular flexibility index (Phi) is 4.25. The molecule has 1 atom stereocenters. The monoisotopic (exact) mass is 220 g/mol. The first-order valence-electron chi connectivity index (χ1n) is 6.08. The van der Waals surface area contributed by atoms with E-state index in [4.69, 9.17) is 0 Å². The molecule has 4 nitrogen and oxygen atoms in total. The maximum absolute atomic E-state index is 4.02. The third-order valence-corrected chi connectivity index (χ3v) is 3.16. The van der Waals surface area contributed by atoms with Crippen LogP contribution in [-0.2, 0) is 6.54 Å². The van der Waals surface area contributed by atoms with Crippen LogP contribution < -0.4 is 5.32 Å². The molecule has 0 aromatic carbocycles. The predicted molar refractivity (Wildman–Crippen MR) is 64.0 cm³/mol. The van der Waals surface area contributed by atoms with Gasteiger partial charge in [0.2, 0.25) is 0 Å². The second kappa shape index (κ2) is 5.92. The van der Waals surface area contributed by atoms with Crippen molar-refractivity contribution in [3.63, 3.8) is 0 Å². The van der Waals surface area contributed by atoms with Gasteiger partial charge in [-0.1, -0.05) is 6.92 Å². The Morgan fingerprint density at radius 1 is 1.44 bits per heavy atom. The van der Waals surface area contributed by atoms with Crippen LogP contribution in [0.1, 0.15) is 25.3 Å². The van der Waals surface area contributed by atoms with Crippen molar-refractivity contribution in [2.45, 2.75) is 32.4 Å². The van der Waals surface area contributed by atoms with Crippen molar-refractivity contribution >= 4 is 0 Å². The standard InChI is InChI=1S/C12H20N4/c1-2-16-5-3-4-12(9-16)15-8-11-6-13-10-14-7-11/h6-7,10,12,15H,2-5,8-9H2,1H3. The fraction of sp³-hybridized carbons (Fsp3) is 0.667. The fourth-order valence-corrected chi connectivity index (χ4v) is 2.19. The minimum Gasteiger partial charge on any atom is -0.309 e. The number of nitrogens with zero attached hydrogens (tertiary/aromatic N) is 3. The highest BCUT2D eigenvalue weighted by Crippen LogP contribution is 2.09. The third kappa shape index (κ3) is 3.25. The number of hydrogen-bond donors (Lipinski definition) is 1. The van der Waals surface area contributed by atoms with Gasteiger partial charge in [0.25, 0.3) is 0 Å². The Morgan fingerprint density at radius 3 is 3.00 bits per heavy atom. The molecule has 0 saturated carbocycles. The number of piperidine rings is 1. The summed E-state index contributed by atoms with van der Waals surface area (Å²) < 4.78 is 0. The van der Waals surface area contributed by atoms with Gasteiger partial charge in [0, 0.05) is 37.1 Å². The zero-order chi connectivity index (χ0) is 11.2. The van der Waals surface area contributed by atoms with Crippen LogP contribution in [0.3, 0.4) is 0 Å². The molecule has 1 saturated heterocycles. The first-order chi connectivity index (χ1) is 7.88. The normalized spacial score (nSPS) is 22.2. The number of nitrogens with one attached hydrogen (secondary N) is 1. The van der Waals surface area contributed by atoms with E-state index >= 15 is 0 Å². The summed E-state index contributed by atoms with van der Waals surface area (Å²) in [6.45, 7) is 6.69. The quantitative estimate of drug-likeness (QED) is 0.823.